The monoisotopic (exact) mass is 194 g/mol. The fourth-order valence-electron chi connectivity index (χ4n) is 0.944. The minimum Gasteiger partial charge on any atom is -0.481 e. The number of nitrogens with zero attached hydrogens (tertiary/aromatic N) is 2. The van der Waals surface area contributed by atoms with Crippen LogP contribution in [0.3, 0.4) is 0 Å². The largest absolute Gasteiger partial charge is 0.481 e. The molecule has 1 heterocycles. The quantitative estimate of drug-likeness (QED) is 0.712. The molecule has 1 aromatic heterocycles. The number of carbonyl (C=O) groups is 2. The maximum atomic E-state index is 11.3. The van der Waals surface area contributed by atoms with Gasteiger partial charge in [0.15, 0.2) is 0 Å². The van der Waals surface area contributed by atoms with Gasteiger partial charge in [-0.3, -0.25) is 14.6 Å². The van der Waals surface area contributed by atoms with E-state index >= 15 is 0 Å². The molecule has 14 heavy (non-hydrogen) atoms. The predicted molar refractivity (Wildman–Crippen MR) is 49.9 cm³/mol. The van der Waals surface area contributed by atoms with E-state index in [1.807, 2.05) is 0 Å². The molecule has 0 radical (unpaired) electrons. The molecule has 1 rings (SSSR count). The van der Waals surface area contributed by atoms with Gasteiger partial charge in [-0.25, -0.2) is 0 Å². The van der Waals surface area contributed by atoms with Crippen molar-refractivity contribution in [2.24, 2.45) is 0 Å². The summed E-state index contributed by atoms with van der Waals surface area (Å²) in [7, 11) is 1.52. The van der Waals surface area contributed by atoms with Crippen molar-refractivity contribution < 1.29 is 14.7 Å². The van der Waals surface area contributed by atoms with E-state index in [-0.39, 0.29) is 0 Å². The summed E-state index contributed by atoms with van der Waals surface area (Å²) in [5.74, 6) is -1.60. The van der Waals surface area contributed by atoms with E-state index in [1.54, 1.807) is 18.3 Å². The molecule has 1 N–H and O–H groups in total. The first kappa shape index (κ1) is 10.2. The summed E-state index contributed by atoms with van der Waals surface area (Å²) in [5, 5.41) is 8.42. The van der Waals surface area contributed by atoms with Crippen molar-refractivity contribution in [1.82, 2.24) is 4.98 Å². The fraction of sp³-hybridized carbons (Fsp3) is 0.222. The number of pyridine rings is 1. The Morgan fingerprint density at radius 3 is 2.79 bits per heavy atom. The molecule has 0 aliphatic rings. The van der Waals surface area contributed by atoms with Gasteiger partial charge in [0.25, 0.3) is 0 Å². The summed E-state index contributed by atoms with van der Waals surface area (Å²) in [6.45, 7) is 0. The number of anilines is 1. The number of aliphatic carboxylic acids is 1. The van der Waals surface area contributed by atoms with E-state index in [1.165, 1.54) is 18.1 Å². The molecule has 0 saturated heterocycles. The van der Waals surface area contributed by atoms with E-state index in [4.69, 9.17) is 5.11 Å². The van der Waals surface area contributed by atoms with E-state index in [0.717, 1.165) is 0 Å². The van der Waals surface area contributed by atoms with Crippen molar-refractivity contribution in [1.29, 1.82) is 0 Å². The number of rotatable bonds is 3. The Labute approximate surface area is 81.0 Å². The topological polar surface area (TPSA) is 70.5 Å². The summed E-state index contributed by atoms with van der Waals surface area (Å²) in [4.78, 5) is 26.6. The van der Waals surface area contributed by atoms with Crippen molar-refractivity contribution in [3.63, 3.8) is 0 Å². The van der Waals surface area contributed by atoms with E-state index in [2.05, 4.69) is 4.98 Å². The summed E-state index contributed by atoms with van der Waals surface area (Å²) in [5.41, 5.74) is 0.582. The highest BCUT2D eigenvalue weighted by Gasteiger charge is 2.13. The second-order valence-corrected chi connectivity index (χ2v) is 2.73. The lowest BCUT2D eigenvalue weighted by Gasteiger charge is -2.15. The zero-order chi connectivity index (χ0) is 10.6. The summed E-state index contributed by atoms with van der Waals surface area (Å²) in [6, 6.07) is 3.37. The third-order valence-electron chi connectivity index (χ3n) is 1.71. The van der Waals surface area contributed by atoms with Gasteiger partial charge in [-0.1, -0.05) is 0 Å². The molecule has 1 amide bonds. The van der Waals surface area contributed by atoms with Crippen LogP contribution >= 0.6 is 0 Å². The number of carboxylic acids is 1. The van der Waals surface area contributed by atoms with Crippen LogP contribution in [0.25, 0.3) is 0 Å². The molecule has 1 aromatic rings. The molecule has 0 unspecified atom stereocenters. The maximum Gasteiger partial charge on any atom is 0.312 e. The molecular weight excluding hydrogens is 184 g/mol. The van der Waals surface area contributed by atoms with Crippen LogP contribution in [0.15, 0.2) is 24.5 Å². The van der Waals surface area contributed by atoms with Gasteiger partial charge < -0.3 is 10.0 Å². The van der Waals surface area contributed by atoms with Crippen molar-refractivity contribution in [3.05, 3.63) is 24.5 Å². The molecule has 0 atom stereocenters. The number of hydrogen-bond donors (Lipinski definition) is 1. The fourth-order valence-corrected chi connectivity index (χ4v) is 0.944. The molecule has 5 heteroatoms. The third kappa shape index (κ3) is 2.55. The van der Waals surface area contributed by atoms with Crippen LogP contribution in [-0.2, 0) is 9.59 Å². The average Bonchev–Trinajstić information content (AvgIpc) is 2.17. The van der Waals surface area contributed by atoms with Crippen LogP contribution in [0.1, 0.15) is 6.42 Å². The Morgan fingerprint density at radius 2 is 2.29 bits per heavy atom. The maximum absolute atomic E-state index is 11.3. The van der Waals surface area contributed by atoms with Crippen molar-refractivity contribution in [3.8, 4) is 0 Å². The molecule has 0 saturated carbocycles. The Bertz CT molecular complexity index is 337. The molecule has 0 fully saturated rings. The van der Waals surface area contributed by atoms with Gasteiger partial charge in [0.1, 0.15) is 6.42 Å². The molecule has 0 aromatic carbocycles. The van der Waals surface area contributed by atoms with E-state index in [0.29, 0.717) is 5.69 Å². The first-order valence-electron chi connectivity index (χ1n) is 3.99. The Morgan fingerprint density at radius 1 is 1.57 bits per heavy atom. The lowest BCUT2D eigenvalue weighted by molar-refractivity contribution is -0.140. The van der Waals surface area contributed by atoms with E-state index < -0.39 is 18.3 Å². The summed E-state index contributed by atoms with van der Waals surface area (Å²) in [6.07, 6.45) is 2.57. The number of hydrogen-bond acceptors (Lipinski definition) is 3. The minimum absolute atomic E-state index is 0.467. The average molecular weight is 194 g/mol. The van der Waals surface area contributed by atoms with Gasteiger partial charge in [0.2, 0.25) is 5.91 Å². The van der Waals surface area contributed by atoms with Crippen LogP contribution < -0.4 is 4.90 Å². The van der Waals surface area contributed by atoms with Gasteiger partial charge >= 0.3 is 5.97 Å². The molecule has 5 nitrogen and oxygen atoms in total. The van der Waals surface area contributed by atoms with Crippen LogP contribution in [0.2, 0.25) is 0 Å². The Balaban J connectivity index is 2.71. The van der Waals surface area contributed by atoms with Gasteiger partial charge in [0, 0.05) is 13.2 Å². The third-order valence-corrected chi connectivity index (χ3v) is 1.71. The first-order chi connectivity index (χ1) is 6.61. The molecule has 0 bridgehead atoms. The smallest absolute Gasteiger partial charge is 0.312 e. The molecule has 0 aliphatic heterocycles. The second-order valence-electron chi connectivity index (χ2n) is 2.73. The summed E-state index contributed by atoms with van der Waals surface area (Å²) < 4.78 is 0. The van der Waals surface area contributed by atoms with E-state index in [9.17, 15) is 9.59 Å². The molecule has 0 aliphatic carbocycles. The van der Waals surface area contributed by atoms with Crippen LogP contribution in [-0.4, -0.2) is 29.0 Å². The molecule has 74 valence electrons. The first-order valence-corrected chi connectivity index (χ1v) is 3.99. The highest BCUT2D eigenvalue weighted by atomic mass is 16.4. The zero-order valence-corrected chi connectivity index (χ0v) is 7.67. The highest BCUT2D eigenvalue weighted by molar-refractivity contribution is 6.02. The van der Waals surface area contributed by atoms with Gasteiger partial charge in [-0.05, 0) is 12.1 Å². The Hall–Kier alpha value is -1.91. The van der Waals surface area contributed by atoms with Crippen LogP contribution in [0, 0.1) is 0 Å². The number of carbonyl (C=O) groups excluding carboxylic acids is 1. The van der Waals surface area contributed by atoms with Crippen molar-refractivity contribution >= 4 is 17.6 Å². The predicted octanol–water partition coefficient (Wildman–Crippen LogP) is 0.519. The number of carboxylic acid groups (broad SMARTS) is 1. The van der Waals surface area contributed by atoms with Crippen molar-refractivity contribution in [2.75, 3.05) is 11.9 Å². The number of amides is 1. The molecule has 0 spiro atoms. The standard InChI is InChI=1S/C9H10N2O3/c1-11(8(12)5-9(13)14)7-3-2-4-10-6-7/h2-4,6H,5H2,1H3,(H,13,14). The van der Waals surface area contributed by atoms with Crippen LogP contribution in [0.4, 0.5) is 5.69 Å². The number of aromatic nitrogens is 1. The van der Waals surface area contributed by atoms with Gasteiger partial charge in [-0.2, -0.15) is 0 Å². The normalized spacial score (nSPS) is 9.50. The van der Waals surface area contributed by atoms with Crippen LogP contribution in [0.5, 0.6) is 0 Å². The molecular formula is C9H10N2O3. The summed E-state index contributed by atoms with van der Waals surface area (Å²) >= 11 is 0. The van der Waals surface area contributed by atoms with Gasteiger partial charge in [-0.15, -0.1) is 0 Å². The highest BCUT2D eigenvalue weighted by Crippen LogP contribution is 2.10. The minimum atomic E-state index is -1.13. The lowest BCUT2D eigenvalue weighted by Crippen LogP contribution is -2.28. The lowest BCUT2D eigenvalue weighted by atomic mass is 10.3. The zero-order valence-electron chi connectivity index (χ0n) is 7.67. The Kier molecular flexibility index (Phi) is 3.17. The van der Waals surface area contributed by atoms with Gasteiger partial charge in [0.05, 0.1) is 11.9 Å². The second kappa shape index (κ2) is 4.36. The van der Waals surface area contributed by atoms with Crippen molar-refractivity contribution in [2.45, 2.75) is 6.42 Å². The SMILES string of the molecule is CN(C(=O)CC(=O)O)c1cccnc1.